The SMILES string of the molecule is CCCC(COC)NCc1ccc(C(=O)NC)cc1. The zero-order valence-electron chi connectivity index (χ0n) is 12.0. The Balaban J connectivity index is 2.50. The van der Waals surface area contributed by atoms with Crippen molar-refractivity contribution in [1.82, 2.24) is 10.6 Å². The standard InChI is InChI=1S/C15H24N2O2/c1-4-5-14(11-19-3)17-10-12-6-8-13(9-7-12)15(18)16-2/h6-9,14,17H,4-5,10-11H2,1-3H3,(H,16,18). The van der Waals surface area contributed by atoms with Crippen molar-refractivity contribution < 1.29 is 9.53 Å². The van der Waals surface area contributed by atoms with E-state index in [1.54, 1.807) is 14.2 Å². The van der Waals surface area contributed by atoms with Crippen LogP contribution in [0.3, 0.4) is 0 Å². The van der Waals surface area contributed by atoms with Gasteiger partial charge in [-0.2, -0.15) is 0 Å². The van der Waals surface area contributed by atoms with Crippen LogP contribution < -0.4 is 10.6 Å². The van der Waals surface area contributed by atoms with E-state index in [-0.39, 0.29) is 5.91 Å². The third kappa shape index (κ3) is 5.41. The van der Waals surface area contributed by atoms with Crippen molar-refractivity contribution in [3.63, 3.8) is 0 Å². The number of carbonyl (C=O) groups is 1. The van der Waals surface area contributed by atoms with Crippen molar-refractivity contribution in [3.8, 4) is 0 Å². The van der Waals surface area contributed by atoms with Gasteiger partial charge in [-0.3, -0.25) is 4.79 Å². The topological polar surface area (TPSA) is 50.4 Å². The summed E-state index contributed by atoms with van der Waals surface area (Å²) in [6, 6.07) is 8.04. The fourth-order valence-electron chi connectivity index (χ4n) is 1.97. The number of carbonyl (C=O) groups excluding carboxylic acids is 1. The normalized spacial score (nSPS) is 12.2. The molecule has 19 heavy (non-hydrogen) atoms. The maximum atomic E-state index is 11.4. The molecule has 0 fully saturated rings. The Bertz CT molecular complexity index is 370. The predicted octanol–water partition coefficient (Wildman–Crippen LogP) is 1.95. The lowest BCUT2D eigenvalue weighted by Crippen LogP contribution is -2.32. The number of ether oxygens (including phenoxy) is 1. The quantitative estimate of drug-likeness (QED) is 0.754. The molecule has 0 spiro atoms. The monoisotopic (exact) mass is 264 g/mol. The molecule has 0 saturated carbocycles. The molecule has 0 aliphatic rings. The van der Waals surface area contributed by atoms with Crippen LogP contribution in [0, 0.1) is 0 Å². The molecule has 1 aromatic carbocycles. The van der Waals surface area contributed by atoms with E-state index in [4.69, 9.17) is 4.74 Å². The first-order valence-electron chi connectivity index (χ1n) is 6.74. The highest BCUT2D eigenvalue weighted by Gasteiger charge is 2.07. The molecule has 1 unspecified atom stereocenters. The minimum atomic E-state index is -0.0530. The lowest BCUT2D eigenvalue weighted by Gasteiger charge is -2.17. The number of benzene rings is 1. The smallest absolute Gasteiger partial charge is 0.251 e. The van der Waals surface area contributed by atoms with Crippen LogP contribution in [0.5, 0.6) is 0 Å². The molecule has 0 saturated heterocycles. The highest BCUT2D eigenvalue weighted by Crippen LogP contribution is 2.06. The van der Waals surface area contributed by atoms with E-state index in [0.29, 0.717) is 11.6 Å². The molecule has 1 atom stereocenters. The summed E-state index contributed by atoms with van der Waals surface area (Å²) in [6.45, 7) is 3.69. The molecule has 4 nitrogen and oxygen atoms in total. The molecule has 0 bridgehead atoms. The molecule has 0 aliphatic heterocycles. The zero-order valence-corrected chi connectivity index (χ0v) is 12.0. The van der Waals surface area contributed by atoms with Crippen molar-refractivity contribution in [2.75, 3.05) is 20.8 Å². The average Bonchev–Trinajstić information content (AvgIpc) is 2.45. The first-order chi connectivity index (χ1) is 9.21. The maximum absolute atomic E-state index is 11.4. The summed E-state index contributed by atoms with van der Waals surface area (Å²) in [7, 11) is 3.36. The van der Waals surface area contributed by atoms with Crippen molar-refractivity contribution in [1.29, 1.82) is 0 Å². The summed E-state index contributed by atoms with van der Waals surface area (Å²) < 4.78 is 5.19. The molecule has 1 amide bonds. The maximum Gasteiger partial charge on any atom is 0.251 e. The van der Waals surface area contributed by atoms with Gasteiger partial charge < -0.3 is 15.4 Å². The molecule has 1 aromatic rings. The van der Waals surface area contributed by atoms with Crippen molar-refractivity contribution in [2.45, 2.75) is 32.4 Å². The Morgan fingerprint density at radius 3 is 2.53 bits per heavy atom. The fourth-order valence-corrected chi connectivity index (χ4v) is 1.97. The van der Waals surface area contributed by atoms with Gasteiger partial charge in [0.25, 0.3) is 5.91 Å². The summed E-state index contributed by atoms with van der Waals surface area (Å²) in [5.74, 6) is -0.0530. The van der Waals surface area contributed by atoms with Gasteiger partial charge in [0.05, 0.1) is 6.61 Å². The number of hydrogen-bond acceptors (Lipinski definition) is 3. The van der Waals surface area contributed by atoms with E-state index in [1.165, 1.54) is 5.56 Å². The van der Waals surface area contributed by atoms with Gasteiger partial charge in [0.2, 0.25) is 0 Å². The Labute approximate surface area is 115 Å². The molecule has 0 heterocycles. The highest BCUT2D eigenvalue weighted by molar-refractivity contribution is 5.93. The van der Waals surface area contributed by atoms with Crippen LogP contribution in [-0.4, -0.2) is 32.7 Å². The number of rotatable bonds is 8. The molecule has 2 N–H and O–H groups in total. The zero-order chi connectivity index (χ0) is 14.1. The Morgan fingerprint density at radius 1 is 1.32 bits per heavy atom. The van der Waals surface area contributed by atoms with Crippen LogP contribution in [-0.2, 0) is 11.3 Å². The van der Waals surface area contributed by atoms with E-state index in [0.717, 1.165) is 26.0 Å². The van der Waals surface area contributed by atoms with E-state index in [2.05, 4.69) is 17.6 Å². The molecule has 1 rings (SSSR count). The van der Waals surface area contributed by atoms with Crippen molar-refractivity contribution >= 4 is 5.91 Å². The minimum absolute atomic E-state index is 0.0530. The summed E-state index contributed by atoms with van der Waals surface area (Å²) in [4.78, 5) is 11.4. The molecule has 106 valence electrons. The highest BCUT2D eigenvalue weighted by atomic mass is 16.5. The molecule has 0 aliphatic carbocycles. The number of amides is 1. The van der Waals surface area contributed by atoms with Gasteiger partial charge in [0.15, 0.2) is 0 Å². The summed E-state index contributed by atoms with van der Waals surface area (Å²) in [5.41, 5.74) is 1.86. The van der Waals surface area contributed by atoms with E-state index < -0.39 is 0 Å². The second kappa shape index (κ2) is 8.67. The lowest BCUT2D eigenvalue weighted by molar-refractivity contribution is 0.0963. The third-order valence-corrected chi connectivity index (χ3v) is 3.04. The van der Waals surface area contributed by atoms with Crippen LogP contribution >= 0.6 is 0 Å². The van der Waals surface area contributed by atoms with Gasteiger partial charge in [-0.25, -0.2) is 0 Å². The van der Waals surface area contributed by atoms with E-state index in [1.807, 2.05) is 24.3 Å². The van der Waals surface area contributed by atoms with Crippen LogP contribution in [0.25, 0.3) is 0 Å². The summed E-state index contributed by atoms with van der Waals surface area (Å²) in [5, 5.41) is 6.09. The average molecular weight is 264 g/mol. The second-order valence-corrected chi connectivity index (χ2v) is 4.60. The number of nitrogens with one attached hydrogen (secondary N) is 2. The lowest BCUT2D eigenvalue weighted by atomic mass is 10.1. The molecular formula is C15H24N2O2. The summed E-state index contributed by atoms with van der Waals surface area (Å²) in [6.07, 6.45) is 2.24. The van der Waals surface area contributed by atoms with Gasteiger partial charge in [-0.1, -0.05) is 25.5 Å². The number of methoxy groups -OCH3 is 1. The second-order valence-electron chi connectivity index (χ2n) is 4.60. The first kappa shape index (κ1) is 15.7. The van der Waals surface area contributed by atoms with Gasteiger partial charge in [0.1, 0.15) is 0 Å². The molecule has 4 heteroatoms. The van der Waals surface area contributed by atoms with Crippen molar-refractivity contribution in [2.24, 2.45) is 0 Å². The Hall–Kier alpha value is -1.39. The summed E-state index contributed by atoms with van der Waals surface area (Å²) >= 11 is 0. The first-order valence-corrected chi connectivity index (χ1v) is 6.74. The van der Waals surface area contributed by atoms with E-state index in [9.17, 15) is 4.79 Å². The Morgan fingerprint density at radius 2 is 2.00 bits per heavy atom. The third-order valence-electron chi connectivity index (χ3n) is 3.04. The minimum Gasteiger partial charge on any atom is -0.383 e. The van der Waals surface area contributed by atoms with Crippen LogP contribution in [0.4, 0.5) is 0 Å². The predicted molar refractivity (Wildman–Crippen MR) is 77.2 cm³/mol. The van der Waals surface area contributed by atoms with Gasteiger partial charge >= 0.3 is 0 Å². The largest absolute Gasteiger partial charge is 0.383 e. The Kier molecular flexibility index (Phi) is 7.15. The van der Waals surface area contributed by atoms with Gasteiger partial charge in [-0.15, -0.1) is 0 Å². The number of hydrogen-bond donors (Lipinski definition) is 2. The van der Waals surface area contributed by atoms with Crippen LogP contribution in [0.2, 0.25) is 0 Å². The van der Waals surface area contributed by atoms with E-state index >= 15 is 0 Å². The van der Waals surface area contributed by atoms with Crippen LogP contribution in [0.15, 0.2) is 24.3 Å². The molecule has 0 radical (unpaired) electrons. The van der Waals surface area contributed by atoms with Crippen LogP contribution in [0.1, 0.15) is 35.7 Å². The van der Waals surface area contributed by atoms with Gasteiger partial charge in [0, 0.05) is 32.3 Å². The molecule has 0 aromatic heterocycles. The molecular weight excluding hydrogens is 240 g/mol. The fraction of sp³-hybridized carbons (Fsp3) is 0.533. The van der Waals surface area contributed by atoms with Crippen molar-refractivity contribution in [3.05, 3.63) is 35.4 Å². The van der Waals surface area contributed by atoms with Gasteiger partial charge in [-0.05, 0) is 24.1 Å².